The number of halogens is 3. The van der Waals surface area contributed by atoms with Crippen molar-refractivity contribution in [1.29, 1.82) is 0 Å². The molecule has 0 spiro atoms. The van der Waals surface area contributed by atoms with Crippen LogP contribution in [0.5, 0.6) is 5.75 Å². The molecule has 26 heavy (non-hydrogen) atoms. The fourth-order valence-corrected chi connectivity index (χ4v) is 2.75. The molecule has 0 aliphatic heterocycles. The first kappa shape index (κ1) is 20.0. The summed E-state index contributed by atoms with van der Waals surface area (Å²) in [6.07, 6.45) is 0. The fourth-order valence-electron chi connectivity index (χ4n) is 2.26. The minimum Gasteiger partial charge on any atom is -0.494 e. The van der Waals surface area contributed by atoms with Crippen LogP contribution in [0.15, 0.2) is 36.4 Å². The molecule has 0 aromatic heterocycles. The molecule has 2 amide bonds. The molecule has 0 heterocycles. The van der Waals surface area contributed by atoms with Crippen molar-refractivity contribution >= 4 is 35.0 Å². The van der Waals surface area contributed by atoms with Crippen LogP contribution in [0.3, 0.4) is 0 Å². The van der Waals surface area contributed by atoms with E-state index in [2.05, 4.69) is 10.6 Å². The monoisotopic (exact) mass is 398 g/mol. The van der Waals surface area contributed by atoms with Crippen molar-refractivity contribution in [2.45, 2.75) is 13.0 Å². The number of hydrogen-bond donors (Lipinski definition) is 2. The average Bonchev–Trinajstić information content (AvgIpc) is 2.59. The fraction of sp³-hybridized carbons (Fsp3) is 0.222. The Hall–Kier alpha value is -2.31. The van der Waals surface area contributed by atoms with Gasteiger partial charge in [0.25, 0.3) is 5.91 Å². The van der Waals surface area contributed by atoms with E-state index >= 15 is 0 Å². The van der Waals surface area contributed by atoms with E-state index in [1.54, 1.807) is 13.0 Å². The van der Waals surface area contributed by atoms with E-state index in [0.717, 1.165) is 0 Å². The zero-order chi connectivity index (χ0) is 19.3. The second-order valence-electron chi connectivity index (χ2n) is 5.49. The lowest BCUT2D eigenvalue weighted by molar-refractivity contribution is -0.120. The SMILES string of the molecule is COc1ccc([C@H](C)NC(=O)CNC(=O)c2ccc(Cl)cc2Cl)cc1F. The zero-order valence-corrected chi connectivity index (χ0v) is 15.6. The van der Waals surface area contributed by atoms with Crippen molar-refractivity contribution in [2.75, 3.05) is 13.7 Å². The highest BCUT2D eigenvalue weighted by atomic mass is 35.5. The van der Waals surface area contributed by atoms with Crippen molar-refractivity contribution in [3.05, 3.63) is 63.4 Å². The van der Waals surface area contributed by atoms with Gasteiger partial charge in [-0.3, -0.25) is 9.59 Å². The van der Waals surface area contributed by atoms with E-state index in [4.69, 9.17) is 27.9 Å². The third-order valence-corrected chi connectivity index (χ3v) is 4.19. The maximum Gasteiger partial charge on any atom is 0.253 e. The van der Waals surface area contributed by atoms with Gasteiger partial charge in [-0.15, -0.1) is 0 Å². The van der Waals surface area contributed by atoms with Crippen LogP contribution in [0.25, 0.3) is 0 Å². The minimum absolute atomic E-state index is 0.124. The molecule has 0 saturated heterocycles. The van der Waals surface area contributed by atoms with Crippen molar-refractivity contribution in [3.8, 4) is 5.75 Å². The first-order valence-electron chi connectivity index (χ1n) is 7.68. The van der Waals surface area contributed by atoms with Crippen LogP contribution < -0.4 is 15.4 Å². The van der Waals surface area contributed by atoms with Gasteiger partial charge >= 0.3 is 0 Å². The summed E-state index contributed by atoms with van der Waals surface area (Å²) in [5.41, 5.74) is 0.790. The predicted octanol–water partition coefficient (Wildman–Crippen LogP) is 3.75. The number of hydrogen-bond acceptors (Lipinski definition) is 3. The van der Waals surface area contributed by atoms with Gasteiger partial charge in [-0.25, -0.2) is 4.39 Å². The normalized spacial score (nSPS) is 11.6. The number of methoxy groups -OCH3 is 1. The van der Waals surface area contributed by atoms with Crippen LogP contribution in [0.2, 0.25) is 10.0 Å². The average molecular weight is 399 g/mol. The maximum absolute atomic E-state index is 13.7. The predicted molar refractivity (Wildman–Crippen MR) is 98.3 cm³/mol. The van der Waals surface area contributed by atoms with Crippen LogP contribution in [-0.4, -0.2) is 25.5 Å². The van der Waals surface area contributed by atoms with Gasteiger partial charge in [-0.2, -0.15) is 0 Å². The lowest BCUT2D eigenvalue weighted by Gasteiger charge is -2.15. The zero-order valence-electron chi connectivity index (χ0n) is 14.1. The Morgan fingerprint density at radius 1 is 1.19 bits per heavy atom. The Balaban J connectivity index is 1.91. The van der Waals surface area contributed by atoms with Crippen molar-refractivity contribution in [3.63, 3.8) is 0 Å². The van der Waals surface area contributed by atoms with Crippen molar-refractivity contribution in [2.24, 2.45) is 0 Å². The molecular weight excluding hydrogens is 382 g/mol. The highest BCUT2D eigenvalue weighted by molar-refractivity contribution is 6.36. The third kappa shape index (κ3) is 5.09. The van der Waals surface area contributed by atoms with E-state index in [9.17, 15) is 14.0 Å². The molecule has 5 nitrogen and oxygen atoms in total. The first-order valence-corrected chi connectivity index (χ1v) is 8.43. The van der Waals surface area contributed by atoms with E-state index in [0.29, 0.717) is 10.6 Å². The van der Waals surface area contributed by atoms with Crippen LogP contribution in [-0.2, 0) is 4.79 Å². The third-order valence-electron chi connectivity index (χ3n) is 3.64. The summed E-state index contributed by atoms with van der Waals surface area (Å²) in [6, 6.07) is 8.42. The molecule has 0 unspecified atom stereocenters. The summed E-state index contributed by atoms with van der Waals surface area (Å²) in [4.78, 5) is 24.1. The van der Waals surface area contributed by atoms with E-state index in [-0.39, 0.29) is 22.9 Å². The van der Waals surface area contributed by atoms with Gasteiger partial charge in [0.15, 0.2) is 11.6 Å². The molecule has 0 aliphatic carbocycles. The molecule has 8 heteroatoms. The molecule has 138 valence electrons. The summed E-state index contributed by atoms with van der Waals surface area (Å²) in [7, 11) is 1.37. The van der Waals surface area contributed by atoms with Crippen molar-refractivity contribution < 1.29 is 18.7 Å². The largest absolute Gasteiger partial charge is 0.494 e. The maximum atomic E-state index is 13.7. The number of ether oxygens (including phenoxy) is 1. The molecule has 0 bridgehead atoms. The molecule has 2 N–H and O–H groups in total. The van der Waals surface area contributed by atoms with E-state index in [1.807, 2.05) is 0 Å². The van der Waals surface area contributed by atoms with Gasteiger partial charge < -0.3 is 15.4 Å². The molecule has 0 fully saturated rings. The Morgan fingerprint density at radius 3 is 2.54 bits per heavy atom. The summed E-state index contributed by atoms with van der Waals surface area (Å²) in [5, 5.41) is 5.75. The number of amides is 2. The molecule has 2 aromatic rings. The molecule has 0 aliphatic rings. The molecule has 2 aromatic carbocycles. The minimum atomic E-state index is -0.517. The van der Waals surface area contributed by atoms with Gasteiger partial charge in [-0.05, 0) is 42.8 Å². The molecule has 0 saturated carbocycles. The van der Waals surface area contributed by atoms with Crippen LogP contribution in [0, 0.1) is 5.82 Å². The van der Waals surface area contributed by atoms with Gasteiger partial charge in [0, 0.05) is 5.02 Å². The Labute approximate surface area is 160 Å². The summed E-state index contributed by atoms with van der Waals surface area (Å²) in [6.45, 7) is 1.46. The van der Waals surface area contributed by atoms with Gasteiger partial charge in [0.05, 0.1) is 30.3 Å². The van der Waals surface area contributed by atoms with E-state index in [1.165, 1.54) is 37.4 Å². The van der Waals surface area contributed by atoms with E-state index < -0.39 is 23.7 Å². The standard InChI is InChI=1S/C18H17Cl2FN2O3/c1-10(11-3-6-16(26-2)15(21)7-11)23-17(24)9-22-18(25)13-5-4-12(19)8-14(13)20/h3-8,10H,9H2,1-2H3,(H,22,25)(H,23,24)/t10-/m0/s1. The Morgan fingerprint density at radius 2 is 1.92 bits per heavy atom. The lowest BCUT2D eigenvalue weighted by atomic mass is 10.1. The second-order valence-corrected chi connectivity index (χ2v) is 6.33. The summed E-state index contributed by atoms with van der Waals surface area (Å²) >= 11 is 11.7. The summed E-state index contributed by atoms with van der Waals surface area (Å²) in [5.74, 6) is -1.31. The number of benzene rings is 2. The topological polar surface area (TPSA) is 67.4 Å². The number of carbonyl (C=O) groups excluding carboxylic acids is 2. The quantitative estimate of drug-likeness (QED) is 0.778. The second kappa shape index (κ2) is 8.87. The summed E-state index contributed by atoms with van der Waals surface area (Å²) < 4.78 is 18.6. The molecular formula is C18H17Cl2FN2O3. The Kier molecular flexibility index (Phi) is 6.83. The van der Waals surface area contributed by atoms with Gasteiger partial charge in [0.2, 0.25) is 5.91 Å². The van der Waals surface area contributed by atoms with Gasteiger partial charge in [-0.1, -0.05) is 29.3 Å². The highest BCUT2D eigenvalue weighted by Crippen LogP contribution is 2.22. The lowest BCUT2D eigenvalue weighted by Crippen LogP contribution is -2.38. The smallest absolute Gasteiger partial charge is 0.253 e. The molecule has 1 atom stereocenters. The molecule has 0 radical (unpaired) electrons. The number of rotatable bonds is 6. The highest BCUT2D eigenvalue weighted by Gasteiger charge is 2.15. The van der Waals surface area contributed by atoms with Crippen LogP contribution in [0.1, 0.15) is 28.9 Å². The van der Waals surface area contributed by atoms with Crippen molar-refractivity contribution in [1.82, 2.24) is 10.6 Å². The number of carbonyl (C=O) groups is 2. The van der Waals surface area contributed by atoms with Crippen LogP contribution in [0.4, 0.5) is 4.39 Å². The Bertz CT molecular complexity index is 830. The first-order chi connectivity index (χ1) is 12.3. The van der Waals surface area contributed by atoms with Gasteiger partial charge in [0.1, 0.15) is 0 Å². The number of nitrogens with one attached hydrogen (secondary N) is 2. The molecule has 2 rings (SSSR count). The van der Waals surface area contributed by atoms with Crippen LogP contribution >= 0.6 is 23.2 Å².